The van der Waals surface area contributed by atoms with Gasteiger partial charge in [0, 0.05) is 30.0 Å². The Morgan fingerprint density at radius 3 is 2.59 bits per heavy atom. The molecule has 1 aromatic heterocycles. The molecular weight excluding hydrogens is 426 g/mol. The van der Waals surface area contributed by atoms with Crippen molar-refractivity contribution in [3.05, 3.63) is 65.7 Å². The standard InChI is InChI=1S/C28H31N3O3/c1-6-30(18-21-12-8-7-9-13-21)25-20(2)26(29-24-15-11-10-14-23(24)25)33-22-16-17-31(19-22)27(32)34-28(3,4)5/h1,7-15,22H,16-19H2,2-5H3. The number of likely N-dealkylation sites (tertiary alicyclic amines) is 1. The van der Waals surface area contributed by atoms with Crippen molar-refractivity contribution < 1.29 is 14.3 Å². The minimum Gasteiger partial charge on any atom is -0.472 e. The van der Waals surface area contributed by atoms with Crippen molar-refractivity contribution in [2.75, 3.05) is 18.0 Å². The van der Waals surface area contributed by atoms with Crippen LogP contribution in [0.4, 0.5) is 10.5 Å². The quantitative estimate of drug-likeness (QED) is 0.373. The molecule has 0 spiro atoms. The number of para-hydroxylation sites is 1. The van der Waals surface area contributed by atoms with Crippen molar-refractivity contribution in [1.82, 2.24) is 9.88 Å². The van der Waals surface area contributed by atoms with Crippen molar-refractivity contribution in [3.63, 3.8) is 0 Å². The van der Waals surface area contributed by atoms with Gasteiger partial charge in [-0.3, -0.25) is 4.90 Å². The Balaban J connectivity index is 1.61. The number of pyridine rings is 1. The van der Waals surface area contributed by atoms with Gasteiger partial charge in [0.2, 0.25) is 5.88 Å². The van der Waals surface area contributed by atoms with E-state index in [1.807, 2.05) is 75.1 Å². The third-order valence-corrected chi connectivity index (χ3v) is 5.74. The molecule has 2 aromatic carbocycles. The number of nitrogens with zero attached hydrogens (tertiary/aromatic N) is 3. The van der Waals surface area contributed by atoms with Gasteiger partial charge in [-0.15, -0.1) is 0 Å². The molecule has 6 nitrogen and oxygen atoms in total. The summed E-state index contributed by atoms with van der Waals surface area (Å²) in [6.45, 7) is 9.20. The first kappa shape index (κ1) is 23.4. The highest BCUT2D eigenvalue weighted by Crippen LogP contribution is 2.36. The summed E-state index contributed by atoms with van der Waals surface area (Å²) in [5, 5.41) is 0.975. The van der Waals surface area contributed by atoms with Crippen LogP contribution in [0.5, 0.6) is 5.88 Å². The highest BCUT2D eigenvalue weighted by molar-refractivity contribution is 5.95. The van der Waals surface area contributed by atoms with Crippen molar-refractivity contribution in [2.45, 2.75) is 52.4 Å². The fourth-order valence-corrected chi connectivity index (χ4v) is 4.16. The second kappa shape index (κ2) is 9.64. The number of hydrogen-bond donors (Lipinski definition) is 0. The molecule has 2 heterocycles. The maximum absolute atomic E-state index is 12.5. The molecule has 1 unspecified atom stereocenters. The largest absolute Gasteiger partial charge is 0.472 e. The number of anilines is 1. The lowest BCUT2D eigenvalue weighted by Gasteiger charge is -2.25. The van der Waals surface area contributed by atoms with E-state index in [2.05, 4.69) is 18.2 Å². The van der Waals surface area contributed by atoms with Crippen molar-refractivity contribution in [2.24, 2.45) is 0 Å². The molecule has 0 radical (unpaired) electrons. The summed E-state index contributed by atoms with van der Waals surface area (Å²) in [6, 6.07) is 20.9. The van der Waals surface area contributed by atoms with E-state index < -0.39 is 5.60 Å². The van der Waals surface area contributed by atoms with Gasteiger partial charge in [0.25, 0.3) is 0 Å². The molecule has 0 saturated carbocycles. The van der Waals surface area contributed by atoms with E-state index in [1.165, 1.54) is 0 Å². The summed E-state index contributed by atoms with van der Waals surface area (Å²) in [4.78, 5) is 20.9. The first-order valence-corrected chi connectivity index (χ1v) is 11.6. The maximum Gasteiger partial charge on any atom is 0.410 e. The number of amides is 1. The molecule has 1 atom stereocenters. The summed E-state index contributed by atoms with van der Waals surface area (Å²) in [7, 11) is 0. The van der Waals surface area contributed by atoms with E-state index in [9.17, 15) is 4.79 Å². The number of benzene rings is 2. The van der Waals surface area contributed by atoms with Gasteiger partial charge in [0.05, 0.1) is 24.3 Å². The average Bonchev–Trinajstić information content (AvgIpc) is 3.27. The zero-order valence-corrected chi connectivity index (χ0v) is 20.2. The second-order valence-corrected chi connectivity index (χ2v) is 9.56. The number of carbonyl (C=O) groups is 1. The lowest BCUT2D eigenvalue weighted by Crippen LogP contribution is -2.36. The summed E-state index contributed by atoms with van der Waals surface area (Å²) in [6.07, 6.45) is 6.22. The normalized spacial score (nSPS) is 15.7. The van der Waals surface area contributed by atoms with Crippen molar-refractivity contribution in [3.8, 4) is 18.3 Å². The van der Waals surface area contributed by atoms with Crippen LogP contribution in [0.25, 0.3) is 10.9 Å². The molecule has 176 valence electrons. The Labute approximate surface area is 201 Å². The summed E-state index contributed by atoms with van der Waals surface area (Å²) in [5.41, 5.74) is 3.19. The predicted molar refractivity (Wildman–Crippen MR) is 135 cm³/mol. The van der Waals surface area contributed by atoms with Crippen LogP contribution in [-0.4, -0.2) is 40.8 Å². The van der Waals surface area contributed by atoms with Crippen LogP contribution in [-0.2, 0) is 11.3 Å². The second-order valence-electron chi connectivity index (χ2n) is 9.56. The molecule has 0 N–H and O–H groups in total. The molecule has 6 heteroatoms. The molecule has 1 fully saturated rings. The van der Waals surface area contributed by atoms with Crippen LogP contribution in [0.15, 0.2) is 54.6 Å². The molecule has 1 amide bonds. The number of aromatic nitrogens is 1. The van der Waals surface area contributed by atoms with Crippen LogP contribution in [0, 0.1) is 19.4 Å². The van der Waals surface area contributed by atoms with Gasteiger partial charge < -0.3 is 14.4 Å². The number of hydrogen-bond acceptors (Lipinski definition) is 5. The Morgan fingerprint density at radius 2 is 1.88 bits per heavy atom. The van der Waals surface area contributed by atoms with Crippen LogP contribution in [0.3, 0.4) is 0 Å². The molecule has 34 heavy (non-hydrogen) atoms. The number of carbonyl (C=O) groups excluding carboxylic acids is 1. The Hall–Kier alpha value is -3.72. The maximum atomic E-state index is 12.5. The van der Waals surface area contributed by atoms with Gasteiger partial charge in [-0.1, -0.05) is 55.0 Å². The van der Waals surface area contributed by atoms with E-state index in [0.29, 0.717) is 31.9 Å². The van der Waals surface area contributed by atoms with Gasteiger partial charge >= 0.3 is 6.09 Å². The highest BCUT2D eigenvalue weighted by Gasteiger charge is 2.32. The molecule has 1 aliphatic rings. The average molecular weight is 458 g/mol. The van der Waals surface area contributed by atoms with E-state index in [1.54, 1.807) is 4.90 Å². The van der Waals surface area contributed by atoms with E-state index >= 15 is 0 Å². The third-order valence-electron chi connectivity index (χ3n) is 5.74. The van der Waals surface area contributed by atoms with E-state index in [4.69, 9.17) is 20.9 Å². The lowest BCUT2D eigenvalue weighted by atomic mass is 10.1. The SMILES string of the molecule is C#CN(Cc1ccccc1)c1c(C)c(OC2CCN(C(=O)OC(C)(C)C)C2)nc2ccccc12. The van der Waals surface area contributed by atoms with Crippen LogP contribution in [0.2, 0.25) is 0 Å². The third kappa shape index (κ3) is 5.26. The topological polar surface area (TPSA) is 54.9 Å². The molecule has 0 aliphatic carbocycles. The summed E-state index contributed by atoms with van der Waals surface area (Å²) >= 11 is 0. The molecule has 1 saturated heterocycles. The smallest absolute Gasteiger partial charge is 0.410 e. The molecule has 4 rings (SSSR count). The monoisotopic (exact) mass is 457 g/mol. The van der Waals surface area contributed by atoms with Crippen LogP contribution < -0.4 is 9.64 Å². The Morgan fingerprint density at radius 1 is 1.18 bits per heavy atom. The van der Waals surface area contributed by atoms with Gasteiger partial charge in [-0.25, -0.2) is 9.78 Å². The number of rotatable bonds is 5. The Kier molecular flexibility index (Phi) is 6.65. The zero-order chi connectivity index (χ0) is 24.3. The predicted octanol–water partition coefficient (Wildman–Crippen LogP) is 5.53. The van der Waals surface area contributed by atoms with Gasteiger partial charge in [0.1, 0.15) is 11.7 Å². The molecular formula is C28H31N3O3. The van der Waals surface area contributed by atoms with Gasteiger partial charge in [-0.2, -0.15) is 0 Å². The lowest BCUT2D eigenvalue weighted by molar-refractivity contribution is 0.0275. The minimum atomic E-state index is -0.529. The molecule has 1 aliphatic heterocycles. The fraction of sp³-hybridized carbons (Fsp3) is 0.357. The minimum absolute atomic E-state index is 0.166. The number of terminal acetylenes is 1. The van der Waals surface area contributed by atoms with E-state index in [-0.39, 0.29) is 12.2 Å². The fourth-order valence-electron chi connectivity index (χ4n) is 4.16. The first-order chi connectivity index (χ1) is 16.2. The van der Waals surface area contributed by atoms with Gasteiger partial charge in [0.15, 0.2) is 0 Å². The van der Waals surface area contributed by atoms with Crippen molar-refractivity contribution >= 4 is 22.7 Å². The number of ether oxygens (including phenoxy) is 2. The summed E-state index contributed by atoms with van der Waals surface area (Å²) < 4.78 is 11.9. The van der Waals surface area contributed by atoms with Crippen LogP contribution in [0.1, 0.15) is 38.3 Å². The summed E-state index contributed by atoms with van der Waals surface area (Å²) in [5.74, 6) is 0.540. The first-order valence-electron chi connectivity index (χ1n) is 11.6. The molecule has 3 aromatic rings. The highest BCUT2D eigenvalue weighted by atomic mass is 16.6. The van der Waals surface area contributed by atoms with Gasteiger partial charge in [-0.05, 0) is 39.3 Å². The van der Waals surface area contributed by atoms with Crippen molar-refractivity contribution in [1.29, 1.82) is 0 Å². The van der Waals surface area contributed by atoms with E-state index in [0.717, 1.165) is 27.7 Å². The zero-order valence-electron chi connectivity index (χ0n) is 20.2. The Bertz CT molecular complexity index is 1210. The molecule has 0 bridgehead atoms. The van der Waals surface area contributed by atoms with Crippen LogP contribution >= 0.6 is 0 Å². The number of fused-ring (bicyclic) bond motifs is 1.